The fraction of sp³-hybridized carbons (Fsp3) is 0.611. The first kappa shape index (κ1) is 17.3. The van der Waals surface area contributed by atoms with E-state index < -0.39 is 0 Å². The average Bonchev–Trinajstić information content (AvgIpc) is 3.10. The summed E-state index contributed by atoms with van der Waals surface area (Å²) in [6.45, 7) is 7.52. The highest BCUT2D eigenvalue weighted by atomic mass is 19.1. The van der Waals surface area contributed by atoms with Gasteiger partial charge in [0.2, 0.25) is 5.91 Å². The fourth-order valence-electron chi connectivity index (χ4n) is 3.36. The van der Waals surface area contributed by atoms with Gasteiger partial charge in [-0.05, 0) is 44.0 Å². The van der Waals surface area contributed by atoms with Crippen molar-refractivity contribution < 1.29 is 13.9 Å². The number of hydrogen-bond donors (Lipinski definition) is 1. The van der Waals surface area contributed by atoms with Crippen molar-refractivity contribution >= 4 is 11.6 Å². The lowest BCUT2D eigenvalue weighted by Gasteiger charge is -2.38. The normalized spacial score (nSPS) is 24.0. The number of anilines is 1. The number of piperazine rings is 1. The van der Waals surface area contributed by atoms with Crippen LogP contribution in [0.3, 0.4) is 0 Å². The largest absolute Gasteiger partial charge is 0.377 e. The smallest absolute Gasteiger partial charge is 0.241 e. The number of carbonyl (C=O) groups is 1. The molecule has 0 unspecified atom stereocenters. The van der Waals surface area contributed by atoms with Crippen LogP contribution in [0.25, 0.3) is 0 Å². The first-order valence-corrected chi connectivity index (χ1v) is 8.76. The molecular formula is C18H26FN3O2. The van der Waals surface area contributed by atoms with Crippen molar-refractivity contribution in [2.45, 2.75) is 31.9 Å². The molecule has 0 spiro atoms. The molecule has 0 aliphatic carbocycles. The van der Waals surface area contributed by atoms with E-state index in [1.54, 1.807) is 12.1 Å². The molecule has 2 aliphatic heterocycles. The number of amides is 1. The Labute approximate surface area is 142 Å². The van der Waals surface area contributed by atoms with Crippen LogP contribution >= 0.6 is 0 Å². The van der Waals surface area contributed by atoms with Gasteiger partial charge in [-0.2, -0.15) is 0 Å². The third-order valence-electron chi connectivity index (χ3n) is 4.93. The molecule has 0 aromatic heterocycles. The first-order valence-electron chi connectivity index (χ1n) is 8.76. The predicted molar refractivity (Wildman–Crippen MR) is 91.5 cm³/mol. The topological polar surface area (TPSA) is 44.8 Å². The molecule has 0 radical (unpaired) electrons. The number of nitrogens with one attached hydrogen (secondary N) is 1. The molecule has 2 aliphatic rings. The van der Waals surface area contributed by atoms with Crippen LogP contribution in [0.4, 0.5) is 10.1 Å². The number of nitrogens with zero attached hydrogens (tertiary/aromatic N) is 2. The minimum absolute atomic E-state index is 0.0471. The van der Waals surface area contributed by atoms with E-state index in [4.69, 9.17) is 4.74 Å². The summed E-state index contributed by atoms with van der Waals surface area (Å²) >= 11 is 0. The highest BCUT2D eigenvalue weighted by molar-refractivity contribution is 5.94. The van der Waals surface area contributed by atoms with E-state index in [1.807, 2.05) is 6.92 Å². The highest BCUT2D eigenvalue weighted by Crippen LogP contribution is 2.16. The van der Waals surface area contributed by atoms with Gasteiger partial charge in [0, 0.05) is 45.0 Å². The Morgan fingerprint density at radius 1 is 1.29 bits per heavy atom. The van der Waals surface area contributed by atoms with Crippen molar-refractivity contribution in [1.82, 2.24) is 9.80 Å². The number of benzene rings is 1. The second-order valence-electron chi connectivity index (χ2n) is 6.64. The van der Waals surface area contributed by atoms with Crippen molar-refractivity contribution in [3.63, 3.8) is 0 Å². The van der Waals surface area contributed by atoms with E-state index in [0.29, 0.717) is 11.8 Å². The molecule has 1 amide bonds. The number of rotatable bonds is 5. The Morgan fingerprint density at radius 3 is 2.62 bits per heavy atom. The SMILES string of the molecule is C[C@H](C(=O)Nc1ccc(F)cc1)N1CCN(C[C@H]2CCCO2)CC1. The summed E-state index contributed by atoms with van der Waals surface area (Å²) in [7, 11) is 0. The maximum Gasteiger partial charge on any atom is 0.241 e. The van der Waals surface area contributed by atoms with Gasteiger partial charge >= 0.3 is 0 Å². The molecule has 132 valence electrons. The third kappa shape index (κ3) is 4.53. The maximum atomic E-state index is 12.9. The highest BCUT2D eigenvalue weighted by Gasteiger charge is 2.27. The number of halogens is 1. The second-order valence-corrected chi connectivity index (χ2v) is 6.64. The summed E-state index contributed by atoms with van der Waals surface area (Å²) in [5, 5.41) is 2.86. The molecule has 2 atom stereocenters. The monoisotopic (exact) mass is 335 g/mol. The maximum absolute atomic E-state index is 12.9. The Morgan fingerprint density at radius 2 is 2.00 bits per heavy atom. The van der Waals surface area contributed by atoms with Crippen molar-refractivity contribution in [1.29, 1.82) is 0 Å². The molecule has 0 saturated carbocycles. The lowest BCUT2D eigenvalue weighted by atomic mass is 10.2. The molecule has 1 aromatic carbocycles. The summed E-state index contributed by atoms with van der Waals surface area (Å²) in [4.78, 5) is 17.0. The summed E-state index contributed by atoms with van der Waals surface area (Å²) in [6, 6.07) is 5.67. The van der Waals surface area contributed by atoms with Gasteiger partial charge in [0.15, 0.2) is 0 Å². The molecule has 6 heteroatoms. The molecule has 2 saturated heterocycles. The van der Waals surface area contributed by atoms with Crippen LogP contribution in [0.15, 0.2) is 24.3 Å². The van der Waals surface area contributed by atoms with Gasteiger partial charge in [-0.1, -0.05) is 0 Å². The summed E-state index contributed by atoms with van der Waals surface area (Å²) in [5.74, 6) is -0.349. The number of ether oxygens (including phenoxy) is 1. The quantitative estimate of drug-likeness (QED) is 0.893. The van der Waals surface area contributed by atoms with E-state index in [-0.39, 0.29) is 17.8 Å². The second kappa shape index (κ2) is 8.05. The van der Waals surface area contributed by atoms with Gasteiger partial charge in [0.1, 0.15) is 5.82 Å². The Bertz CT molecular complexity index is 538. The number of carbonyl (C=O) groups excluding carboxylic acids is 1. The van der Waals surface area contributed by atoms with Crippen LogP contribution in [-0.4, -0.2) is 67.2 Å². The van der Waals surface area contributed by atoms with Crippen LogP contribution in [0.5, 0.6) is 0 Å². The van der Waals surface area contributed by atoms with Crippen molar-refractivity contribution in [2.24, 2.45) is 0 Å². The summed E-state index contributed by atoms with van der Waals surface area (Å²) in [6.07, 6.45) is 2.72. The van der Waals surface area contributed by atoms with Crippen LogP contribution in [0, 0.1) is 5.82 Å². The van der Waals surface area contributed by atoms with Crippen molar-refractivity contribution in [2.75, 3.05) is 44.6 Å². The van der Waals surface area contributed by atoms with Gasteiger partial charge in [0.05, 0.1) is 12.1 Å². The Balaban J connectivity index is 1.44. The fourth-order valence-corrected chi connectivity index (χ4v) is 3.36. The molecule has 1 N–H and O–H groups in total. The zero-order valence-corrected chi connectivity index (χ0v) is 14.2. The van der Waals surface area contributed by atoms with Gasteiger partial charge in [-0.3, -0.25) is 14.6 Å². The predicted octanol–water partition coefficient (Wildman–Crippen LogP) is 1.95. The van der Waals surface area contributed by atoms with E-state index in [1.165, 1.54) is 18.6 Å². The summed E-state index contributed by atoms with van der Waals surface area (Å²) in [5.41, 5.74) is 0.630. The Hall–Kier alpha value is -1.50. The van der Waals surface area contributed by atoms with Crippen LogP contribution in [0.2, 0.25) is 0 Å². The van der Waals surface area contributed by atoms with Crippen molar-refractivity contribution in [3.8, 4) is 0 Å². The molecule has 5 nitrogen and oxygen atoms in total. The first-order chi connectivity index (χ1) is 11.6. The zero-order chi connectivity index (χ0) is 16.9. The molecule has 1 aromatic rings. The van der Waals surface area contributed by atoms with Gasteiger partial charge in [0.25, 0.3) is 0 Å². The third-order valence-corrected chi connectivity index (χ3v) is 4.93. The van der Waals surface area contributed by atoms with E-state index in [0.717, 1.165) is 45.8 Å². The van der Waals surface area contributed by atoms with Gasteiger partial charge in [-0.15, -0.1) is 0 Å². The molecular weight excluding hydrogens is 309 g/mol. The van der Waals surface area contributed by atoms with E-state index in [2.05, 4.69) is 15.1 Å². The minimum atomic E-state index is -0.302. The van der Waals surface area contributed by atoms with Crippen LogP contribution in [0.1, 0.15) is 19.8 Å². The van der Waals surface area contributed by atoms with Crippen LogP contribution < -0.4 is 5.32 Å². The Kier molecular flexibility index (Phi) is 5.81. The molecule has 24 heavy (non-hydrogen) atoms. The molecule has 3 rings (SSSR count). The lowest BCUT2D eigenvalue weighted by Crippen LogP contribution is -2.53. The number of hydrogen-bond acceptors (Lipinski definition) is 4. The van der Waals surface area contributed by atoms with Gasteiger partial charge < -0.3 is 10.1 Å². The molecule has 2 heterocycles. The summed E-state index contributed by atoms with van der Waals surface area (Å²) < 4.78 is 18.6. The average molecular weight is 335 g/mol. The van der Waals surface area contributed by atoms with Crippen LogP contribution in [-0.2, 0) is 9.53 Å². The van der Waals surface area contributed by atoms with Crippen molar-refractivity contribution in [3.05, 3.63) is 30.1 Å². The zero-order valence-electron chi connectivity index (χ0n) is 14.2. The lowest BCUT2D eigenvalue weighted by molar-refractivity contribution is -0.121. The van der Waals surface area contributed by atoms with E-state index in [9.17, 15) is 9.18 Å². The van der Waals surface area contributed by atoms with E-state index >= 15 is 0 Å². The van der Waals surface area contributed by atoms with Gasteiger partial charge in [-0.25, -0.2) is 4.39 Å². The molecule has 2 fully saturated rings. The molecule has 0 bridgehead atoms. The standard InChI is InChI=1S/C18H26FN3O2/c1-14(18(23)20-16-6-4-15(19)5-7-16)22-10-8-21(9-11-22)13-17-3-2-12-24-17/h4-7,14,17H,2-3,8-13H2,1H3,(H,20,23)/t14-,17-/m1/s1. The minimum Gasteiger partial charge on any atom is -0.377 e.